The molecule has 2 rings (SSSR count). The Kier molecular flexibility index (Phi) is 3.34. The summed E-state index contributed by atoms with van der Waals surface area (Å²) < 4.78 is 39.3. The first kappa shape index (κ1) is 12.9. The van der Waals surface area contributed by atoms with Crippen molar-refractivity contribution in [3.8, 4) is 11.8 Å². The molecule has 0 spiro atoms. The van der Waals surface area contributed by atoms with Crippen molar-refractivity contribution in [3.05, 3.63) is 29.3 Å². The molecule has 0 unspecified atom stereocenters. The van der Waals surface area contributed by atoms with Gasteiger partial charge in [0, 0.05) is 6.20 Å². The summed E-state index contributed by atoms with van der Waals surface area (Å²) in [7, 11) is 0. The molecule has 1 aliphatic rings. The summed E-state index contributed by atoms with van der Waals surface area (Å²) in [6.07, 6.45) is -0.252. The van der Waals surface area contributed by atoms with Gasteiger partial charge in [0.1, 0.15) is 5.69 Å². The lowest BCUT2D eigenvalue weighted by atomic mass is 10.0. The van der Waals surface area contributed by atoms with Gasteiger partial charge in [-0.2, -0.15) is 0 Å². The number of hydrogen-bond donors (Lipinski definition) is 0. The van der Waals surface area contributed by atoms with Gasteiger partial charge >= 0.3 is 0 Å². The fraction of sp³-hybridized carbons (Fsp3) is 0.500. The quantitative estimate of drug-likeness (QED) is 0.732. The summed E-state index contributed by atoms with van der Waals surface area (Å²) in [5.41, 5.74) is -0.744. The molecule has 0 amide bonds. The van der Waals surface area contributed by atoms with Gasteiger partial charge in [0.05, 0.1) is 5.41 Å². The Bertz CT molecular complexity index is 508. The molecule has 96 valence electrons. The topological polar surface area (TPSA) is 12.9 Å². The first-order valence-electron chi connectivity index (χ1n) is 5.92. The van der Waals surface area contributed by atoms with E-state index in [1.807, 2.05) is 13.8 Å². The minimum atomic E-state index is -2.47. The van der Waals surface area contributed by atoms with Crippen LogP contribution >= 0.6 is 0 Å². The van der Waals surface area contributed by atoms with E-state index in [-0.39, 0.29) is 11.6 Å². The number of nitrogens with zero attached hydrogens (tertiary/aromatic N) is 1. The van der Waals surface area contributed by atoms with Crippen LogP contribution in [0.1, 0.15) is 43.9 Å². The second-order valence-corrected chi connectivity index (χ2v) is 4.92. The summed E-state index contributed by atoms with van der Waals surface area (Å²) >= 11 is 0. The summed E-state index contributed by atoms with van der Waals surface area (Å²) in [6.45, 7) is 3.72. The maximum Gasteiger partial charge on any atom is 0.254 e. The number of rotatable bonds is 2. The van der Waals surface area contributed by atoms with Crippen molar-refractivity contribution in [2.75, 3.05) is 0 Å². The van der Waals surface area contributed by atoms with E-state index < -0.39 is 17.7 Å². The second-order valence-electron chi connectivity index (χ2n) is 4.92. The molecule has 1 heterocycles. The van der Waals surface area contributed by atoms with Crippen LogP contribution < -0.4 is 0 Å². The highest BCUT2D eigenvalue weighted by Gasteiger charge is 2.50. The van der Waals surface area contributed by atoms with E-state index in [0.29, 0.717) is 18.4 Å². The average Bonchev–Trinajstić information content (AvgIpc) is 3.08. The number of hydrogen-bond acceptors (Lipinski definition) is 1. The number of pyridine rings is 1. The van der Waals surface area contributed by atoms with Crippen LogP contribution in [0.4, 0.5) is 13.2 Å². The van der Waals surface area contributed by atoms with Crippen LogP contribution in [-0.4, -0.2) is 11.4 Å². The molecule has 0 N–H and O–H groups in total. The summed E-state index contributed by atoms with van der Waals surface area (Å²) in [5.74, 6) is 4.48. The molecule has 0 bridgehead atoms. The highest BCUT2D eigenvalue weighted by Crippen LogP contribution is 2.50. The van der Waals surface area contributed by atoms with Crippen molar-refractivity contribution in [2.24, 2.45) is 5.41 Å². The van der Waals surface area contributed by atoms with E-state index in [9.17, 15) is 13.2 Å². The van der Waals surface area contributed by atoms with Gasteiger partial charge in [0.2, 0.25) is 0 Å². The monoisotopic (exact) mass is 253 g/mol. The third-order valence-corrected chi connectivity index (χ3v) is 3.18. The molecule has 0 saturated heterocycles. The number of halogens is 3. The third kappa shape index (κ3) is 2.35. The van der Waals surface area contributed by atoms with Crippen molar-refractivity contribution >= 4 is 0 Å². The van der Waals surface area contributed by atoms with E-state index in [4.69, 9.17) is 0 Å². The van der Waals surface area contributed by atoms with Crippen LogP contribution in [0, 0.1) is 23.1 Å². The zero-order valence-corrected chi connectivity index (χ0v) is 10.3. The molecule has 1 aliphatic carbocycles. The largest absolute Gasteiger partial charge is 0.254 e. The van der Waals surface area contributed by atoms with E-state index in [2.05, 4.69) is 16.8 Å². The highest BCUT2D eigenvalue weighted by molar-refractivity contribution is 5.37. The third-order valence-electron chi connectivity index (χ3n) is 3.18. The lowest BCUT2D eigenvalue weighted by Crippen LogP contribution is -2.09. The van der Waals surface area contributed by atoms with E-state index in [0.717, 1.165) is 0 Å². The smallest absolute Gasteiger partial charge is 0.245 e. The Balaban J connectivity index is 2.31. The zero-order chi connectivity index (χ0) is 13.3. The van der Waals surface area contributed by atoms with Gasteiger partial charge in [0.15, 0.2) is 5.82 Å². The van der Waals surface area contributed by atoms with Crippen molar-refractivity contribution in [1.82, 2.24) is 4.98 Å². The minimum absolute atomic E-state index is 0.0125. The number of aromatic nitrogens is 1. The predicted molar refractivity (Wildman–Crippen MR) is 62.8 cm³/mol. The number of alkyl halides is 2. The van der Waals surface area contributed by atoms with Crippen LogP contribution in [0.2, 0.25) is 0 Å². The lowest BCUT2D eigenvalue weighted by molar-refractivity contribution is 0.0921. The average molecular weight is 253 g/mol. The Labute approximate surface area is 104 Å². The minimum Gasteiger partial charge on any atom is -0.245 e. The van der Waals surface area contributed by atoms with Crippen molar-refractivity contribution in [3.63, 3.8) is 0 Å². The molecule has 0 aromatic carbocycles. The molecule has 4 heteroatoms. The van der Waals surface area contributed by atoms with E-state index in [1.54, 1.807) is 6.07 Å². The second kappa shape index (κ2) is 4.64. The predicted octanol–water partition coefficient (Wildman–Crippen LogP) is 3.74. The molecule has 1 aromatic rings. The van der Waals surface area contributed by atoms with Crippen LogP contribution in [0.5, 0.6) is 0 Å². The fourth-order valence-corrected chi connectivity index (χ4v) is 1.71. The molecule has 0 atom stereocenters. The SMILES string of the molecule is CC(C)c1ccnc(C#CC2(C(F)F)CC2)c1F. The van der Waals surface area contributed by atoms with Gasteiger partial charge in [-0.1, -0.05) is 19.8 Å². The van der Waals surface area contributed by atoms with Crippen LogP contribution in [-0.2, 0) is 0 Å². The summed E-state index contributed by atoms with van der Waals surface area (Å²) in [6, 6.07) is 1.59. The van der Waals surface area contributed by atoms with Crippen molar-refractivity contribution in [1.29, 1.82) is 0 Å². The van der Waals surface area contributed by atoms with Crippen LogP contribution in [0.15, 0.2) is 12.3 Å². The van der Waals surface area contributed by atoms with E-state index in [1.165, 1.54) is 6.20 Å². The zero-order valence-electron chi connectivity index (χ0n) is 10.3. The lowest BCUT2D eigenvalue weighted by Gasteiger charge is -2.07. The molecule has 1 fully saturated rings. The molecular weight excluding hydrogens is 239 g/mol. The standard InChI is InChI=1S/C14H14F3N/c1-9(2)10-4-8-18-11(12(10)15)3-5-14(6-7-14)13(16)17/h4,8-9,13H,6-7H2,1-2H3. The van der Waals surface area contributed by atoms with Crippen LogP contribution in [0.3, 0.4) is 0 Å². The molecule has 18 heavy (non-hydrogen) atoms. The first-order valence-corrected chi connectivity index (χ1v) is 5.92. The van der Waals surface area contributed by atoms with Gasteiger partial charge in [-0.3, -0.25) is 0 Å². The maximum absolute atomic E-state index is 14.0. The summed E-state index contributed by atoms with van der Waals surface area (Å²) in [5, 5.41) is 0. The Morgan fingerprint density at radius 2 is 2.00 bits per heavy atom. The fourth-order valence-electron chi connectivity index (χ4n) is 1.71. The maximum atomic E-state index is 14.0. The van der Waals surface area contributed by atoms with Crippen molar-refractivity contribution in [2.45, 2.75) is 39.0 Å². The Morgan fingerprint density at radius 1 is 1.33 bits per heavy atom. The van der Waals surface area contributed by atoms with Gasteiger partial charge in [0.25, 0.3) is 6.43 Å². The normalized spacial score (nSPS) is 16.6. The van der Waals surface area contributed by atoms with Crippen LogP contribution in [0.25, 0.3) is 0 Å². The molecule has 1 nitrogen and oxygen atoms in total. The first-order chi connectivity index (χ1) is 8.46. The summed E-state index contributed by atoms with van der Waals surface area (Å²) in [4.78, 5) is 3.82. The van der Waals surface area contributed by atoms with Gasteiger partial charge in [-0.25, -0.2) is 18.2 Å². The molecular formula is C14H14F3N. The molecule has 1 aromatic heterocycles. The highest BCUT2D eigenvalue weighted by atomic mass is 19.3. The van der Waals surface area contributed by atoms with Crippen molar-refractivity contribution < 1.29 is 13.2 Å². The Hall–Kier alpha value is -1.50. The molecule has 0 aliphatic heterocycles. The molecule has 1 saturated carbocycles. The van der Waals surface area contributed by atoms with Gasteiger partial charge < -0.3 is 0 Å². The van der Waals surface area contributed by atoms with E-state index >= 15 is 0 Å². The molecule has 0 radical (unpaired) electrons. The van der Waals surface area contributed by atoms with Gasteiger partial charge in [-0.15, -0.1) is 0 Å². The van der Waals surface area contributed by atoms with Gasteiger partial charge in [-0.05, 0) is 36.3 Å². The Morgan fingerprint density at radius 3 is 2.50 bits per heavy atom.